The molecule has 5 heteroatoms. The van der Waals surface area contributed by atoms with Crippen LogP contribution in [0.3, 0.4) is 0 Å². The molecule has 0 fully saturated rings. The fourth-order valence-corrected chi connectivity index (χ4v) is 1.80. The molecule has 1 atom stereocenters. The van der Waals surface area contributed by atoms with Gasteiger partial charge in [0.1, 0.15) is 5.58 Å². The van der Waals surface area contributed by atoms with E-state index < -0.39 is 0 Å². The quantitative estimate of drug-likeness (QED) is 0.893. The highest BCUT2D eigenvalue weighted by Crippen LogP contribution is 2.18. The van der Waals surface area contributed by atoms with Crippen molar-refractivity contribution in [1.29, 1.82) is 0 Å². The van der Waals surface area contributed by atoms with E-state index in [0.717, 1.165) is 6.42 Å². The molecule has 98 valence electrons. The fraction of sp³-hybridized carbons (Fsp3) is 0.308. The number of hydrogen-bond acceptors (Lipinski definition) is 4. The molecule has 18 heavy (non-hydrogen) atoms. The number of benzene rings is 1. The van der Waals surface area contributed by atoms with E-state index >= 15 is 0 Å². The van der Waals surface area contributed by atoms with Gasteiger partial charge in [-0.15, -0.1) is 12.4 Å². The SMILES string of the molecule is CCC(N)Cc1c(N)oc2ccccc2c1=O.Cl. The Kier molecular flexibility index (Phi) is 4.76. The lowest BCUT2D eigenvalue weighted by Gasteiger charge is -2.10. The van der Waals surface area contributed by atoms with E-state index in [2.05, 4.69) is 0 Å². The Morgan fingerprint density at radius 2 is 2.00 bits per heavy atom. The van der Waals surface area contributed by atoms with Crippen LogP contribution in [0.5, 0.6) is 0 Å². The van der Waals surface area contributed by atoms with Crippen LogP contribution in [0.15, 0.2) is 33.5 Å². The summed E-state index contributed by atoms with van der Waals surface area (Å²) in [7, 11) is 0. The normalized spacial score (nSPS) is 12.1. The van der Waals surface area contributed by atoms with Crippen molar-refractivity contribution < 1.29 is 4.42 Å². The molecule has 2 rings (SSSR count). The van der Waals surface area contributed by atoms with Crippen molar-refractivity contribution in [3.63, 3.8) is 0 Å². The summed E-state index contributed by atoms with van der Waals surface area (Å²) in [5, 5.41) is 0.556. The Labute approximate surface area is 111 Å². The van der Waals surface area contributed by atoms with E-state index in [1.54, 1.807) is 18.2 Å². The molecule has 4 nitrogen and oxygen atoms in total. The first-order valence-corrected chi connectivity index (χ1v) is 5.69. The Morgan fingerprint density at radius 3 is 2.67 bits per heavy atom. The molecular formula is C13H17ClN2O2. The van der Waals surface area contributed by atoms with E-state index in [9.17, 15) is 4.79 Å². The van der Waals surface area contributed by atoms with Crippen molar-refractivity contribution in [3.05, 3.63) is 40.1 Å². The Balaban J connectivity index is 0.00000162. The maximum absolute atomic E-state index is 12.2. The number of para-hydroxylation sites is 1. The monoisotopic (exact) mass is 268 g/mol. The average molecular weight is 269 g/mol. The third-order valence-electron chi connectivity index (χ3n) is 2.91. The molecule has 0 spiro atoms. The Hall–Kier alpha value is -1.52. The van der Waals surface area contributed by atoms with Crippen LogP contribution in [0, 0.1) is 0 Å². The lowest BCUT2D eigenvalue weighted by atomic mass is 10.0. The second-order valence-corrected chi connectivity index (χ2v) is 4.14. The number of anilines is 1. The maximum atomic E-state index is 12.2. The van der Waals surface area contributed by atoms with E-state index in [1.165, 1.54) is 0 Å². The zero-order valence-electron chi connectivity index (χ0n) is 10.2. The minimum atomic E-state index is -0.0757. The highest BCUT2D eigenvalue weighted by Gasteiger charge is 2.14. The highest BCUT2D eigenvalue weighted by atomic mass is 35.5. The van der Waals surface area contributed by atoms with Gasteiger partial charge in [-0.3, -0.25) is 4.79 Å². The Bertz CT molecular complexity index is 595. The van der Waals surface area contributed by atoms with Crippen LogP contribution in [-0.4, -0.2) is 6.04 Å². The van der Waals surface area contributed by atoms with E-state index in [4.69, 9.17) is 15.9 Å². The zero-order valence-corrected chi connectivity index (χ0v) is 11.0. The highest BCUT2D eigenvalue weighted by molar-refractivity contribution is 5.85. The largest absolute Gasteiger partial charge is 0.440 e. The third-order valence-corrected chi connectivity index (χ3v) is 2.91. The lowest BCUT2D eigenvalue weighted by Crippen LogP contribution is -2.26. The van der Waals surface area contributed by atoms with Crippen LogP contribution < -0.4 is 16.9 Å². The molecule has 0 radical (unpaired) electrons. The standard InChI is InChI=1S/C13H16N2O2.ClH/c1-2-8(14)7-10-12(16)9-5-3-4-6-11(9)17-13(10)15;/h3-6,8H,2,7,14-15H2,1H3;1H. The second kappa shape index (κ2) is 5.89. The molecule has 0 amide bonds. The summed E-state index contributed by atoms with van der Waals surface area (Å²) in [5.41, 5.74) is 12.5. The van der Waals surface area contributed by atoms with Crippen molar-refractivity contribution in [2.75, 3.05) is 5.73 Å². The van der Waals surface area contributed by atoms with Gasteiger partial charge in [0.15, 0.2) is 11.3 Å². The van der Waals surface area contributed by atoms with E-state index in [-0.39, 0.29) is 29.8 Å². The second-order valence-electron chi connectivity index (χ2n) is 4.14. The molecule has 2 aromatic rings. The van der Waals surface area contributed by atoms with Gasteiger partial charge in [0.05, 0.1) is 10.9 Å². The van der Waals surface area contributed by atoms with Crippen molar-refractivity contribution in [1.82, 2.24) is 0 Å². The number of rotatable bonds is 3. The number of hydrogen-bond donors (Lipinski definition) is 2. The van der Waals surface area contributed by atoms with Crippen LogP contribution in [0.2, 0.25) is 0 Å². The summed E-state index contributed by atoms with van der Waals surface area (Å²) in [6.07, 6.45) is 1.25. The smallest absolute Gasteiger partial charge is 0.198 e. The van der Waals surface area contributed by atoms with E-state index in [1.807, 2.05) is 13.0 Å². The van der Waals surface area contributed by atoms with Crippen LogP contribution in [-0.2, 0) is 6.42 Å². The average Bonchev–Trinajstić information content (AvgIpc) is 2.34. The van der Waals surface area contributed by atoms with E-state index in [0.29, 0.717) is 23.0 Å². The van der Waals surface area contributed by atoms with Gasteiger partial charge in [0.2, 0.25) is 0 Å². The molecule has 0 aliphatic carbocycles. The first-order valence-electron chi connectivity index (χ1n) is 5.69. The number of nitrogens with two attached hydrogens (primary N) is 2. The summed E-state index contributed by atoms with van der Waals surface area (Å²) >= 11 is 0. The van der Waals surface area contributed by atoms with Gasteiger partial charge in [0.25, 0.3) is 0 Å². The van der Waals surface area contributed by atoms with Gasteiger partial charge in [-0.05, 0) is 25.0 Å². The maximum Gasteiger partial charge on any atom is 0.198 e. The predicted octanol–water partition coefficient (Wildman–Crippen LogP) is 2.08. The van der Waals surface area contributed by atoms with Crippen LogP contribution in [0.25, 0.3) is 11.0 Å². The lowest BCUT2D eigenvalue weighted by molar-refractivity contribution is 0.593. The molecule has 1 aromatic carbocycles. The van der Waals surface area contributed by atoms with Crippen LogP contribution >= 0.6 is 12.4 Å². The summed E-state index contributed by atoms with van der Waals surface area (Å²) in [5.74, 6) is 0.178. The van der Waals surface area contributed by atoms with Gasteiger partial charge < -0.3 is 15.9 Å². The molecule has 0 saturated carbocycles. The molecule has 0 bridgehead atoms. The molecule has 4 N–H and O–H groups in total. The summed E-state index contributed by atoms with van der Waals surface area (Å²) in [6.45, 7) is 1.98. The molecule has 1 aromatic heterocycles. The minimum Gasteiger partial charge on any atom is -0.440 e. The Morgan fingerprint density at radius 1 is 1.33 bits per heavy atom. The minimum absolute atomic E-state index is 0. The first kappa shape index (κ1) is 14.5. The fourth-order valence-electron chi connectivity index (χ4n) is 1.80. The predicted molar refractivity (Wildman–Crippen MR) is 76.1 cm³/mol. The van der Waals surface area contributed by atoms with Gasteiger partial charge >= 0.3 is 0 Å². The molecular weight excluding hydrogens is 252 g/mol. The van der Waals surface area contributed by atoms with Crippen molar-refractivity contribution in [2.24, 2.45) is 5.73 Å². The van der Waals surface area contributed by atoms with Crippen molar-refractivity contribution in [3.8, 4) is 0 Å². The zero-order chi connectivity index (χ0) is 12.4. The summed E-state index contributed by atoms with van der Waals surface area (Å²) < 4.78 is 5.44. The van der Waals surface area contributed by atoms with Gasteiger partial charge in [-0.2, -0.15) is 0 Å². The van der Waals surface area contributed by atoms with Gasteiger partial charge in [-0.1, -0.05) is 19.1 Å². The topological polar surface area (TPSA) is 82.2 Å². The first-order chi connectivity index (χ1) is 8.13. The number of fused-ring (bicyclic) bond motifs is 1. The third kappa shape index (κ3) is 2.66. The summed E-state index contributed by atoms with van der Waals surface area (Å²) in [6, 6.07) is 7.01. The van der Waals surface area contributed by atoms with Crippen molar-refractivity contribution in [2.45, 2.75) is 25.8 Å². The summed E-state index contributed by atoms with van der Waals surface area (Å²) in [4.78, 5) is 12.2. The molecule has 0 saturated heterocycles. The van der Waals surface area contributed by atoms with Crippen molar-refractivity contribution >= 4 is 29.3 Å². The van der Waals surface area contributed by atoms with Crippen LogP contribution in [0.4, 0.5) is 5.88 Å². The molecule has 1 heterocycles. The molecule has 0 aliphatic heterocycles. The number of halogens is 1. The molecule has 1 unspecified atom stereocenters. The molecule has 0 aliphatic rings. The van der Waals surface area contributed by atoms with Gasteiger partial charge in [-0.25, -0.2) is 0 Å². The van der Waals surface area contributed by atoms with Crippen LogP contribution in [0.1, 0.15) is 18.9 Å². The number of nitrogen functional groups attached to an aromatic ring is 1. The van der Waals surface area contributed by atoms with Gasteiger partial charge in [0, 0.05) is 6.04 Å².